The molecule has 0 spiro atoms. The first kappa shape index (κ1) is 22.9. The molecule has 0 aliphatic rings. The number of hydrogen-bond acceptors (Lipinski definition) is 6. The predicted molar refractivity (Wildman–Crippen MR) is 105 cm³/mol. The molecule has 31 heavy (non-hydrogen) atoms. The highest BCUT2D eigenvalue weighted by Gasteiger charge is 2.33. The zero-order chi connectivity index (χ0) is 22.8. The first-order chi connectivity index (χ1) is 14.5. The lowest BCUT2D eigenvalue weighted by molar-refractivity contribution is -0.137. The Morgan fingerprint density at radius 3 is 2.48 bits per heavy atom. The summed E-state index contributed by atoms with van der Waals surface area (Å²) >= 11 is 6.38. The molecule has 3 aromatic rings. The highest BCUT2D eigenvalue weighted by molar-refractivity contribution is 7.93. The van der Waals surface area contributed by atoms with E-state index in [9.17, 15) is 30.8 Å². The van der Waals surface area contributed by atoms with Gasteiger partial charge in [-0.3, -0.25) is 9.52 Å². The SMILES string of the molecule is O=C(NCc1ccc(C(F)(F)F)c(Cl)c1)c1ccc(S(=O)(=O)Nc2ncns2)c(F)c1. The van der Waals surface area contributed by atoms with Gasteiger partial charge in [0, 0.05) is 23.6 Å². The summed E-state index contributed by atoms with van der Waals surface area (Å²) in [6.07, 6.45) is -3.49. The maximum Gasteiger partial charge on any atom is 0.417 e. The number of halogens is 5. The van der Waals surface area contributed by atoms with E-state index in [0.717, 1.165) is 54.3 Å². The minimum Gasteiger partial charge on any atom is -0.348 e. The van der Waals surface area contributed by atoms with Gasteiger partial charge in [0.25, 0.3) is 15.9 Å². The summed E-state index contributed by atoms with van der Waals surface area (Å²) in [6.45, 7) is -0.184. The first-order valence-electron chi connectivity index (χ1n) is 8.20. The van der Waals surface area contributed by atoms with Crippen LogP contribution in [-0.4, -0.2) is 23.7 Å². The topological polar surface area (TPSA) is 101 Å². The summed E-state index contributed by atoms with van der Waals surface area (Å²) in [5, 5.41) is 1.81. The lowest BCUT2D eigenvalue weighted by Gasteiger charge is -2.11. The highest BCUT2D eigenvalue weighted by Crippen LogP contribution is 2.34. The van der Waals surface area contributed by atoms with Crippen molar-refractivity contribution in [2.24, 2.45) is 0 Å². The molecule has 0 atom stereocenters. The lowest BCUT2D eigenvalue weighted by atomic mass is 10.1. The number of benzene rings is 2. The maximum atomic E-state index is 14.4. The molecule has 1 aromatic heterocycles. The Morgan fingerprint density at radius 1 is 1.16 bits per heavy atom. The lowest BCUT2D eigenvalue weighted by Crippen LogP contribution is -2.23. The largest absolute Gasteiger partial charge is 0.417 e. The van der Waals surface area contributed by atoms with E-state index < -0.39 is 43.4 Å². The van der Waals surface area contributed by atoms with Crippen molar-refractivity contribution in [3.63, 3.8) is 0 Å². The van der Waals surface area contributed by atoms with E-state index >= 15 is 0 Å². The molecule has 0 saturated carbocycles. The van der Waals surface area contributed by atoms with Crippen molar-refractivity contribution in [1.82, 2.24) is 14.7 Å². The van der Waals surface area contributed by atoms with E-state index in [1.807, 2.05) is 0 Å². The minimum absolute atomic E-state index is 0.0589. The highest BCUT2D eigenvalue weighted by atomic mass is 35.5. The number of carbonyl (C=O) groups is 1. The van der Waals surface area contributed by atoms with Crippen LogP contribution in [-0.2, 0) is 22.7 Å². The van der Waals surface area contributed by atoms with Crippen molar-refractivity contribution in [2.75, 3.05) is 4.72 Å². The Hall–Kier alpha value is -2.77. The summed E-state index contributed by atoms with van der Waals surface area (Å²) in [5.41, 5.74) is -0.914. The number of sulfonamides is 1. The van der Waals surface area contributed by atoms with Crippen LogP contribution in [0.1, 0.15) is 21.5 Å². The Morgan fingerprint density at radius 2 is 1.90 bits per heavy atom. The van der Waals surface area contributed by atoms with Gasteiger partial charge in [-0.15, -0.1) is 0 Å². The van der Waals surface area contributed by atoms with Crippen LogP contribution < -0.4 is 10.0 Å². The van der Waals surface area contributed by atoms with Gasteiger partial charge in [-0.05, 0) is 35.9 Å². The van der Waals surface area contributed by atoms with Gasteiger partial charge in [0.15, 0.2) is 0 Å². The second-order valence-electron chi connectivity index (χ2n) is 5.99. The molecule has 3 rings (SSSR count). The number of aromatic nitrogens is 2. The number of anilines is 1. The Kier molecular flexibility index (Phi) is 6.48. The second kappa shape index (κ2) is 8.77. The summed E-state index contributed by atoms with van der Waals surface area (Å²) in [5.74, 6) is -1.95. The summed E-state index contributed by atoms with van der Waals surface area (Å²) in [4.78, 5) is 15.2. The van der Waals surface area contributed by atoms with Crippen LogP contribution in [0.25, 0.3) is 0 Å². The number of nitrogens with one attached hydrogen (secondary N) is 2. The molecular formula is C17H11ClF4N4O3S2. The smallest absolute Gasteiger partial charge is 0.348 e. The maximum absolute atomic E-state index is 14.4. The number of carbonyl (C=O) groups excluding carboxylic acids is 1. The van der Waals surface area contributed by atoms with Crippen molar-refractivity contribution >= 4 is 44.2 Å². The third-order valence-corrected chi connectivity index (χ3v) is 6.25. The second-order valence-corrected chi connectivity index (χ2v) is 8.83. The van der Waals surface area contributed by atoms with E-state index in [0.29, 0.717) is 0 Å². The fourth-order valence-electron chi connectivity index (χ4n) is 2.43. The summed E-state index contributed by atoms with van der Waals surface area (Å²) < 4.78 is 82.7. The van der Waals surface area contributed by atoms with Crippen molar-refractivity contribution in [3.05, 3.63) is 70.3 Å². The molecule has 0 bridgehead atoms. The Bertz CT molecular complexity index is 1220. The molecule has 14 heteroatoms. The Balaban J connectivity index is 1.70. The van der Waals surface area contributed by atoms with Gasteiger partial charge in [0.1, 0.15) is 17.0 Å². The van der Waals surface area contributed by atoms with Crippen LogP contribution in [0, 0.1) is 5.82 Å². The fraction of sp³-hybridized carbons (Fsp3) is 0.118. The van der Waals surface area contributed by atoms with E-state index in [4.69, 9.17) is 11.6 Å². The van der Waals surface area contributed by atoms with Crippen molar-refractivity contribution < 1.29 is 30.8 Å². The number of rotatable bonds is 6. The van der Waals surface area contributed by atoms with Gasteiger partial charge >= 0.3 is 6.18 Å². The van der Waals surface area contributed by atoms with Crippen LogP contribution >= 0.6 is 23.1 Å². The van der Waals surface area contributed by atoms with E-state index in [1.165, 1.54) is 0 Å². The standard InChI is InChI=1S/C17H11ClF4N4O3S2/c18-12-5-9(1-3-11(12)17(20,21)22)7-23-15(27)10-2-4-14(13(19)6-10)31(28,29)26-16-24-8-25-30-16/h1-6,8H,7H2,(H,23,27)(H,24,25,26). The molecule has 0 fully saturated rings. The van der Waals surface area contributed by atoms with E-state index in [1.54, 1.807) is 0 Å². The molecule has 2 N–H and O–H groups in total. The normalized spacial score (nSPS) is 11.9. The quantitative estimate of drug-likeness (QED) is 0.503. The van der Waals surface area contributed by atoms with Crippen molar-refractivity contribution in [2.45, 2.75) is 17.6 Å². The van der Waals surface area contributed by atoms with Gasteiger partial charge < -0.3 is 5.32 Å². The molecule has 164 valence electrons. The van der Waals surface area contributed by atoms with Gasteiger partial charge in [-0.25, -0.2) is 17.8 Å². The monoisotopic (exact) mass is 494 g/mol. The van der Waals surface area contributed by atoms with Crippen LogP contribution in [0.15, 0.2) is 47.6 Å². The molecule has 0 aliphatic carbocycles. The molecule has 2 aromatic carbocycles. The van der Waals surface area contributed by atoms with E-state index in [-0.39, 0.29) is 22.8 Å². The third-order valence-electron chi connectivity index (χ3n) is 3.86. The Labute approximate surface area is 182 Å². The van der Waals surface area contributed by atoms with E-state index in [2.05, 4.69) is 19.4 Å². The predicted octanol–water partition coefficient (Wildman–Crippen LogP) is 4.08. The molecular weight excluding hydrogens is 484 g/mol. The molecule has 0 aliphatic heterocycles. The van der Waals surface area contributed by atoms with Gasteiger partial charge in [0.2, 0.25) is 5.13 Å². The minimum atomic E-state index is -4.61. The molecule has 0 saturated heterocycles. The average Bonchev–Trinajstić information content (AvgIpc) is 3.17. The number of amides is 1. The zero-order valence-electron chi connectivity index (χ0n) is 15.1. The average molecular weight is 495 g/mol. The van der Waals surface area contributed by atoms with Crippen LogP contribution in [0.3, 0.4) is 0 Å². The first-order valence-corrected chi connectivity index (χ1v) is 10.8. The van der Waals surface area contributed by atoms with Gasteiger partial charge in [0.05, 0.1) is 10.6 Å². The molecule has 7 nitrogen and oxygen atoms in total. The number of nitrogens with zero attached hydrogens (tertiary/aromatic N) is 2. The van der Waals surface area contributed by atoms with Gasteiger partial charge in [-0.1, -0.05) is 17.7 Å². The van der Waals surface area contributed by atoms with Crippen LogP contribution in [0.4, 0.5) is 22.7 Å². The molecule has 1 amide bonds. The fourth-order valence-corrected chi connectivity index (χ4v) is 4.46. The number of hydrogen-bond donors (Lipinski definition) is 2. The van der Waals surface area contributed by atoms with Crippen LogP contribution in [0.2, 0.25) is 5.02 Å². The molecule has 1 heterocycles. The summed E-state index contributed by atoms with van der Waals surface area (Å²) in [7, 11) is -4.29. The molecule has 0 radical (unpaired) electrons. The van der Waals surface area contributed by atoms with Crippen molar-refractivity contribution in [3.8, 4) is 0 Å². The van der Waals surface area contributed by atoms with Gasteiger partial charge in [-0.2, -0.15) is 17.5 Å². The van der Waals surface area contributed by atoms with Crippen molar-refractivity contribution in [1.29, 1.82) is 0 Å². The molecule has 0 unspecified atom stereocenters. The summed E-state index contributed by atoms with van der Waals surface area (Å²) in [6, 6.07) is 5.71. The number of alkyl halides is 3. The van der Waals surface area contributed by atoms with Crippen LogP contribution in [0.5, 0.6) is 0 Å². The zero-order valence-corrected chi connectivity index (χ0v) is 17.5. The third kappa shape index (κ3) is 5.48.